The van der Waals surface area contributed by atoms with Crippen LogP contribution in [0.1, 0.15) is 48.0 Å². The molecule has 3 aliphatic heterocycles. The van der Waals surface area contributed by atoms with Crippen molar-refractivity contribution in [3.05, 3.63) is 68.2 Å². The fraction of sp³-hybridized carbons (Fsp3) is 0.381. The van der Waals surface area contributed by atoms with Gasteiger partial charge in [-0.3, -0.25) is 14.9 Å². The van der Waals surface area contributed by atoms with Gasteiger partial charge in [-0.05, 0) is 42.0 Å². The molecule has 5 rings (SSSR count). The van der Waals surface area contributed by atoms with Gasteiger partial charge in [-0.25, -0.2) is 0 Å². The van der Waals surface area contributed by atoms with Crippen LogP contribution in [0.25, 0.3) is 0 Å². The minimum Gasteiger partial charge on any atom is -0.364 e. The molecule has 0 radical (unpaired) electrons. The number of hydrogen-bond acceptors (Lipinski definition) is 4. The molecule has 144 valence electrons. The summed E-state index contributed by atoms with van der Waals surface area (Å²) in [5.74, 6) is 0.204. The third kappa shape index (κ3) is 2.58. The fourth-order valence-corrected chi connectivity index (χ4v) is 5.24. The molecule has 0 bridgehead atoms. The second-order valence-electron chi connectivity index (χ2n) is 7.72. The van der Waals surface area contributed by atoms with Gasteiger partial charge in [0, 0.05) is 31.3 Å². The van der Waals surface area contributed by atoms with Crippen LogP contribution in [-0.2, 0) is 11.2 Å². The van der Waals surface area contributed by atoms with Gasteiger partial charge in [-0.15, -0.1) is 0 Å². The van der Waals surface area contributed by atoms with Crippen LogP contribution in [0.15, 0.2) is 36.4 Å². The summed E-state index contributed by atoms with van der Waals surface area (Å²) < 4.78 is 0. The SMILES string of the molecule is O=C1CCCN1C1CC(c2ccc(Cl)c([N+](=O)[O-])c2)N2CCc3cccc1c32. The Hall–Kier alpha value is -2.60. The minimum absolute atomic E-state index is 0.00878. The van der Waals surface area contributed by atoms with Gasteiger partial charge in [0.05, 0.1) is 17.0 Å². The molecule has 6 nitrogen and oxygen atoms in total. The number of carbonyl (C=O) groups excluding carboxylic acids is 1. The van der Waals surface area contributed by atoms with Crippen molar-refractivity contribution in [2.45, 2.75) is 37.8 Å². The predicted molar refractivity (Wildman–Crippen MR) is 107 cm³/mol. The molecule has 0 aromatic heterocycles. The van der Waals surface area contributed by atoms with Crippen molar-refractivity contribution in [1.29, 1.82) is 0 Å². The van der Waals surface area contributed by atoms with Crippen LogP contribution in [0.5, 0.6) is 0 Å². The first-order chi connectivity index (χ1) is 13.5. The number of rotatable bonds is 3. The molecule has 0 aliphatic carbocycles. The molecule has 2 unspecified atom stereocenters. The molecule has 2 aromatic rings. The quantitative estimate of drug-likeness (QED) is 0.568. The van der Waals surface area contributed by atoms with Crippen LogP contribution in [-0.4, -0.2) is 28.8 Å². The molecule has 3 aliphatic rings. The van der Waals surface area contributed by atoms with Crippen molar-refractivity contribution in [3.8, 4) is 0 Å². The highest BCUT2D eigenvalue weighted by molar-refractivity contribution is 6.32. The lowest BCUT2D eigenvalue weighted by molar-refractivity contribution is -0.384. The number of nitrogens with zero attached hydrogens (tertiary/aromatic N) is 3. The topological polar surface area (TPSA) is 66.7 Å². The zero-order chi connectivity index (χ0) is 19.4. The number of benzene rings is 2. The smallest absolute Gasteiger partial charge is 0.288 e. The number of halogens is 1. The Morgan fingerprint density at radius 1 is 1.07 bits per heavy atom. The summed E-state index contributed by atoms with van der Waals surface area (Å²) in [6.07, 6.45) is 3.19. The highest BCUT2D eigenvalue weighted by atomic mass is 35.5. The molecular weight excluding hydrogens is 378 g/mol. The third-order valence-corrected chi connectivity index (χ3v) is 6.60. The van der Waals surface area contributed by atoms with Gasteiger partial charge in [-0.1, -0.05) is 35.9 Å². The summed E-state index contributed by atoms with van der Waals surface area (Å²) in [6, 6.07) is 11.5. The van der Waals surface area contributed by atoms with E-state index in [9.17, 15) is 14.9 Å². The van der Waals surface area contributed by atoms with E-state index in [1.165, 1.54) is 16.8 Å². The van der Waals surface area contributed by atoms with Gasteiger partial charge >= 0.3 is 0 Å². The standard InChI is InChI=1S/C21H20ClN3O3/c22-16-7-6-14(11-19(16)25(27)28)17-12-18(23-9-2-5-20(23)26)15-4-1-3-13-8-10-24(17)21(13)15/h1,3-4,6-7,11,17-18H,2,5,8-10,12H2. The van der Waals surface area contributed by atoms with Gasteiger partial charge in [0.1, 0.15) is 5.02 Å². The van der Waals surface area contributed by atoms with Crippen molar-refractivity contribution in [1.82, 2.24) is 4.90 Å². The summed E-state index contributed by atoms with van der Waals surface area (Å²) in [5.41, 5.74) is 4.54. The predicted octanol–water partition coefficient (Wildman–Crippen LogP) is 4.42. The number of hydrogen-bond donors (Lipinski definition) is 0. The summed E-state index contributed by atoms with van der Waals surface area (Å²) in [5, 5.41) is 11.5. The zero-order valence-electron chi connectivity index (χ0n) is 15.3. The number of nitro groups is 1. The molecule has 2 aromatic carbocycles. The molecule has 0 N–H and O–H groups in total. The molecule has 1 amide bonds. The van der Waals surface area contributed by atoms with Gasteiger partial charge in [0.15, 0.2) is 0 Å². The van der Waals surface area contributed by atoms with Crippen molar-refractivity contribution in [2.24, 2.45) is 0 Å². The number of carbonyl (C=O) groups is 1. The highest BCUT2D eigenvalue weighted by Crippen LogP contribution is 2.51. The van der Waals surface area contributed by atoms with Gasteiger partial charge in [0.25, 0.3) is 5.69 Å². The number of nitro benzene ring substituents is 1. The number of likely N-dealkylation sites (tertiary alicyclic amines) is 1. The normalized spacial score (nSPS) is 23.2. The Bertz CT molecular complexity index is 993. The monoisotopic (exact) mass is 397 g/mol. The Balaban J connectivity index is 1.62. The van der Waals surface area contributed by atoms with Gasteiger partial charge in [-0.2, -0.15) is 0 Å². The van der Waals surface area contributed by atoms with Crippen LogP contribution >= 0.6 is 11.6 Å². The molecule has 28 heavy (non-hydrogen) atoms. The van der Waals surface area contributed by atoms with E-state index >= 15 is 0 Å². The summed E-state index contributed by atoms with van der Waals surface area (Å²) in [7, 11) is 0. The van der Waals surface area contributed by atoms with E-state index in [4.69, 9.17) is 11.6 Å². The van der Waals surface area contributed by atoms with E-state index < -0.39 is 4.92 Å². The summed E-state index contributed by atoms with van der Waals surface area (Å²) in [4.78, 5) is 27.8. The molecule has 1 saturated heterocycles. The molecule has 0 spiro atoms. The maximum absolute atomic E-state index is 12.5. The summed E-state index contributed by atoms with van der Waals surface area (Å²) in [6.45, 7) is 1.66. The highest BCUT2D eigenvalue weighted by Gasteiger charge is 2.42. The van der Waals surface area contributed by atoms with Crippen LogP contribution in [0.3, 0.4) is 0 Å². The summed E-state index contributed by atoms with van der Waals surface area (Å²) >= 11 is 6.03. The number of amides is 1. The van der Waals surface area contributed by atoms with Crippen LogP contribution < -0.4 is 4.90 Å². The van der Waals surface area contributed by atoms with Crippen LogP contribution in [0.4, 0.5) is 11.4 Å². The Labute approximate surface area is 167 Å². The molecule has 3 heterocycles. The van der Waals surface area contributed by atoms with Crippen molar-refractivity contribution < 1.29 is 9.72 Å². The van der Waals surface area contributed by atoms with Crippen molar-refractivity contribution >= 4 is 28.9 Å². The van der Waals surface area contributed by atoms with E-state index in [1.807, 2.05) is 11.0 Å². The molecule has 0 saturated carbocycles. The maximum atomic E-state index is 12.5. The lowest BCUT2D eigenvalue weighted by Gasteiger charge is -2.43. The number of para-hydroxylation sites is 1. The lowest BCUT2D eigenvalue weighted by atomic mass is 9.86. The second-order valence-corrected chi connectivity index (χ2v) is 8.13. The second kappa shape index (κ2) is 6.48. The van der Waals surface area contributed by atoms with E-state index in [0.717, 1.165) is 37.9 Å². The Morgan fingerprint density at radius 3 is 2.68 bits per heavy atom. The van der Waals surface area contributed by atoms with E-state index in [1.54, 1.807) is 12.1 Å². The van der Waals surface area contributed by atoms with Crippen molar-refractivity contribution in [2.75, 3.05) is 18.0 Å². The molecule has 2 atom stereocenters. The lowest BCUT2D eigenvalue weighted by Crippen LogP contribution is -2.39. The largest absolute Gasteiger partial charge is 0.364 e. The Kier molecular flexibility index (Phi) is 4.05. The zero-order valence-corrected chi connectivity index (χ0v) is 16.1. The van der Waals surface area contributed by atoms with Gasteiger partial charge < -0.3 is 9.80 Å². The first-order valence-electron chi connectivity index (χ1n) is 9.66. The molecule has 7 heteroatoms. The first kappa shape index (κ1) is 17.5. The number of anilines is 1. The Morgan fingerprint density at radius 2 is 1.93 bits per heavy atom. The van der Waals surface area contributed by atoms with Crippen LogP contribution in [0, 0.1) is 10.1 Å². The first-order valence-corrected chi connectivity index (χ1v) is 10.0. The van der Waals surface area contributed by atoms with Gasteiger partial charge in [0.2, 0.25) is 5.91 Å². The molecular formula is C21H20ClN3O3. The van der Waals surface area contributed by atoms with E-state index in [-0.39, 0.29) is 28.7 Å². The van der Waals surface area contributed by atoms with Crippen LogP contribution in [0.2, 0.25) is 5.02 Å². The van der Waals surface area contributed by atoms with E-state index in [0.29, 0.717) is 6.42 Å². The molecule has 1 fully saturated rings. The maximum Gasteiger partial charge on any atom is 0.288 e. The average molecular weight is 398 g/mol. The van der Waals surface area contributed by atoms with Crippen molar-refractivity contribution in [3.63, 3.8) is 0 Å². The fourth-order valence-electron chi connectivity index (χ4n) is 5.05. The van der Waals surface area contributed by atoms with E-state index in [2.05, 4.69) is 23.1 Å². The third-order valence-electron chi connectivity index (χ3n) is 6.28. The minimum atomic E-state index is -0.431. The average Bonchev–Trinajstić information content (AvgIpc) is 3.30.